The maximum Gasteiger partial charge on any atom is 0.407 e. The van der Waals surface area contributed by atoms with Gasteiger partial charge in [-0.25, -0.2) is 9.78 Å². The molecule has 6 unspecified atom stereocenters. The molecule has 2 rings (SSSR count). The number of ether oxygens (including phenoxy) is 1. The largest absolute Gasteiger partial charge is 0.444 e. The van der Waals surface area contributed by atoms with E-state index in [1.165, 1.54) is 11.3 Å². The molecule has 6 atom stereocenters. The van der Waals surface area contributed by atoms with Gasteiger partial charge in [0.2, 0.25) is 23.6 Å². The lowest BCUT2D eigenvalue weighted by Crippen LogP contribution is -2.58. The zero-order chi connectivity index (χ0) is 39.2. The smallest absolute Gasteiger partial charge is 0.407 e. The van der Waals surface area contributed by atoms with Gasteiger partial charge in [0.15, 0.2) is 0 Å². The Bertz CT molecular complexity index is 1460. The van der Waals surface area contributed by atoms with Crippen molar-refractivity contribution in [1.82, 2.24) is 31.6 Å². The zero-order valence-electron chi connectivity index (χ0n) is 32.4. The number of thiazole rings is 1. The number of aliphatic hydroxyl groups is 1. The van der Waals surface area contributed by atoms with Crippen LogP contribution in [0, 0.1) is 30.6 Å². The van der Waals surface area contributed by atoms with Gasteiger partial charge in [-0.1, -0.05) is 71.9 Å². The Kier molecular flexibility index (Phi) is 17.7. The predicted octanol–water partition coefficient (Wildman–Crippen LogP) is 3.67. The highest BCUT2D eigenvalue weighted by Gasteiger charge is 2.32. The first-order valence-electron chi connectivity index (χ1n) is 18.0. The lowest BCUT2D eigenvalue weighted by Gasteiger charge is -2.30. The summed E-state index contributed by atoms with van der Waals surface area (Å²) in [7, 11) is 0. The highest BCUT2D eigenvalue weighted by Crippen LogP contribution is 2.17. The van der Waals surface area contributed by atoms with E-state index in [-0.39, 0.29) is 37.1 Å². The van der Waals surface area contributed by atoms with Crippen molar-refractivity contribution in [1.29, 1.82) is 0 Å². The minimum Gasteiger partial charge on any atom is -0.444 e. The number of rotatable bonds is 19. The monoisotopic (exact) mass is 744 g/mol. The zero-order valence-corrected chi connectivity index (χ0v) is 33.2. The first-order valence-corrected chi connectivity index (χ1v) is 18.9. The molecule has 6 N–H and O–H groups in total. The van der Waals surface area contributed by atoms with Crippen molar-refractivity contribution in [3.63, 3.8) is 0 Å². The molecule has 0 saturated heterocycles. The third kappa shape index (κ3) is 16.1. The van der Waals surface area contributed by atoms with Crippen LogP contribution >= 0.6 is 11.3 Å². The Hall–Kier alpha value is -4.04. The molecule has 52 heavy (non-hydrogen) atoms. The molecular formula is C38H60N6O7S. The van der Waals surface area contributed by atoms with Crippen LogP contribution < -0.4 is 26.6 Å². The van der Waals surface area contributed by atoms with Crippen molar-refractivity contribution in [2.45, 2.75) is 118 Å². The van der Waals surface area contributed by atoms with E-state index in [1.54, 1.807) is 34.6 Å². The molecule has 1 heterocycles. The van der Waals surface area contributed by atoms with Gasteiger partial charge in [-0.05, 0) is 57.9 Å². The average molecular weight is 745 g/mol. The van der Waals surface area contributed by atoms with Crippen molar-refractivity contribution < 1.29 is 33.8 Å². The van der Waals surface area contributed by atoms with Crippen LogP contribution in [0.1, 0.15) is 85.0 Å². The first-order chi connectivity index (χ1) is 24.2. The van der Waals surface area contributed by atoms with Crippen molar-refractivity contribution in [2.24, 2.45) is 23.7 Å². The second-order valence-corrected chi connectivity index (χ2v) is 16.3. The van der Waals surface area contributed by atoms with Crippen LogP contribution in [0.4, 0.5) is 4.79 Å². The summed E-state index contributed by atoms with van der Waals surface area (Å²) in [6.07, 6.45) is -1.40. The molecule has 0 radical (unpaired) electrons. The molecule has 5 amide bonds. The van der Waals surface area contributed by atoms with Gasteiger partial charge in [-0.2, -0.15) is 0 Å². The van der Waals surface area contributed by atoms with Gasteiger partial charge in [0.05, 0.1) is 23.7 Å². The third-order valence-electron chi connectivity index (χ3n) is 8.14. The molecule has 0 spiro atoms. The number of aryl methyl sites for hydroxylation is 1. The number of aromatic nitrogens is 1. The van der Waals surface area contributed by atoms with Crippen molar-refractivity contribution in [3.8, 4) is 0 Å². The summed E-state index contributed by atoms with van der Waals surface area (Å²) in [4.78, 5) is 70.4. The van der Waals surface area contributed by atoms with Crippen LogP contribution in [-0.4, -0.2) is 82.7 Å². The average Bonchev–Trinajstić information content (AvgIpc) is 3.46. The summed E-state index contributed by atoms with van der Waals surface area (Å²) in [5.41, 5.74) is 0.894. The van der Waals surface area contributed by atoms with Crippen LogP contribution in [0.5, 0.6) is 0 Å². The molecule has 1 aromatic carbocycles. The summed E-state index contributed by atoms with van der Waals surface area (Å²) < 4.78 is 5.34. The molecule has 0 aliphatic heterocycles. The van der Waals surface area contributed by atoms with E-state index in [9.17, 15) is 29.1 Å². The molecule has 0 saturated carbocycles. The molecule has 1 aromatic heterocycles. The third-order valence-corrected chi connectivity index (χ3v) is 9.13. The van der Waals surface area contributed by atoms with Gasteiger partial charge in [0, 0.05) is 35.9 Å². The predicted molar refractivity (Wildman–Crippen MR) is 202 cm³/mol. The fourth-order valence-corrected chi connectivity index (χ4v) is 6.09. The van der Waals surface area contributed by atoms with Gasteiger partial charge >= 0.3 is 6.09 Å². The summed E-state index contributed by atoms with van der Waals surface area (Å²) in [5, 5.41) is 28.1. The normalized spacial score (nSPS) is 15.1. The molecular weight excluding hydrogens is 685 g/mol. The Balaban J connectivity index is 2.26. The maximum atomic E-state index is 13.9. The number of nitrogens with one attached hydrogen (secondary N) is 5. The minimum absolute atomic E-state index is 0.0283. The van der Waals surface area contributed by atoms with Gasteiger partial charge < -0.3 is 36.4 Å². The minimum atomic E-state index is -1.22. The second kappa shape index (κ2) is 20.9. The van der Waals surface area contributed by atoms with Crippen LogP contribution in [0.2, 0.25) is 0 Å². The molecule has 0 fully saturated rings. The number of aliphatic hydroxyl groups excluding tert-OH is 1. The van der Waals surface area contributed by atoms with Crippen LogP contribution in [-0.2, 0) is 36.8 Å². The van der Waals surface area contributed by atoms with Crippen LogP contribution in [0.25, 0.3) is 0 Å². The van der Waals surface area contributed by atoms with E-state index in [2.05, 4.69) is 31.6 Å². The fraction of sp³-hybridized carbons (Fsp3) is 0.632. The quantitative estimate of drug-likeness (QED) is 0.126. The molecule has 13 nitrogen and oxygen atoms in total. The Morgan fingerprint density at radius 3 is 2.00 bits per heavy atom. The fourth-order valence-electron chi connectivity index (χ4n) is 5.19. The van der Waals surface area contributed by atoms with E-state index in [0.717, 1.165) is 16.3 Å². The number of hydrogen-bond donors (Lipinski definition) is 6. The van der Waals surface area contributed by atoms with E-state index >= 15 is 0 Å². The number of amides is 5. The molecule has 290 valence electrons. The molecule has 0 aliphatic rings. The second-order valence-electron chi connectivity index (χ2n) is 15.3. The molecule has 0 bridgehead atoms. The molecule has 2 aromatic rings. The van der Waals surface area contributed by atoms with E-state index in [4.69, 9.17) is 4.74 Å². The standard InChI is InChI=1S/C38H60N6O7S/c1-22(2)19-39-36(49)32(23(3)4)44-34(47)24(5)16-30(45)28(18-27-14-12-11-13-15-27)42-35(48)29(20-40-37(50)51-38(8,9)10)43-33(46)25(6)17-31-41-26(7)21-52-31/h11-15,21-25,28-30,32,45H,16-20H2,1-10H3,(H,39,49)(H,40,50)(H,42,48)(H,43,46)(H,44,47). The molecule has 0 aliphatic carbocycles. The Morgan fingerprint density at radius 2 is 1.44 bits per heavy atom. The first kappa shape index (κ1) is 44.1. The number of nitrogens with zero attached hydrogens (tertiary/aromatic N) is 1. The van der Waals surface area contributed by atoms with Gasteiger partial charge in [0.1, 0.15) is 17.7 Å². The van der Waals surface area contributed by atoms with Crippen LogP contribution in [0.3, 0.4) is 0 Å². The van der Waals surface area contributed by atoms with E-state index in [1.807, 2.05) is 70.3 Å². The van der Waals surface area contributed by atoms with Crippen LogP contribution in [0.15, 0.2) is 35.7 Å². The SMILES string of the molecule is Cc1csc(CC(C)C(=O)NC(CNC(=O)OC(C)(C)C)C(=O)NC(Cc2ccccc2)C(O)CC(C)C(=O)NC(C(=O)NCC(C)C)C(C)C)n1. The van der Waals surface area contributed by atoms with Crippen molar-refractivity contribution in [2.75, 3.05) is 13.1 Å². The lowest BCUT2D eigenvalue weighted by molar-refractivity contribution is -0.133. The van der Waals surface area contributed by atoms with Gasteiger partial charge in [-0.15, -0.1) is 11.3 Å². The van der Waals surface area contributed by atoms with Crippen molar-refractivity contribution >= 4 is 41.1 Å². The number of carbonyl (C=O) groups is 5. The summed E-state index contributed by atoms with van der Waals surface area (Å²) in [5.74, 6) is -2.91. The number of benzene rings is 1. The Morgan fingerprint density at radius 1 is 0.808 bits per heavy atom. The summed E-state index contributed by atoms with van der Waals surface area (Å²) in [6.45, 7) is 18.2. The number of alkyl carbamates (subject to hydrolysis) is 1. The van der Waals surface area contributed by atoms with Gasteiger partial charge in [-0.3, -0.25) is 19.2 Å². The summed E-state index contributed by atoms with van der Waals surface area (Å²) in [6, 6.07) is 6.39. The number of hydrogen-bond acceptors (Lipinski definition) is 9. The highest BCUT2D eigenvalue weighted by molar-refractivity contribution is 7.09. The number of carbonyl (C=O) groups excluding carboxylic acids is 5. The topological polar surface area (TPSA) is 188 Å². The van der Waals surface area contributed by atoms with Crippen molar-refractivity contribution in [3.05, 3.63) is 52.0 Å². The lowest BCUT2D eigenvalue weighted by atomic mass is 9.92. The van der Waals surface area contributed by atoms with E-state index in [0.29, 0.717) is 13.0 Å². The highest BCUT2D eigenvalue weighted by atomic mass is 32.1. The summed E-state index contributed by atoms with van der Waals surface area (Å²) >= 11 is 1.45. The van der Waals surface area contributed by atoms with Gasteiger partial charge in [0.25, 0.3) is 0 Å². The Labute approximate surface area is 312 Å². The molecule has 14 heteroatoms. The maximum absolute atomic E-state index is 13.9. The van der Waals surface area contributed by atoms with E-state index < -0.39 is 65.5 Å².